The predicted octanol–water partition coefficient (Wildman–Crippen LogP) is 3.62. The summed E-state index contributed by atoms with van der Waals surface area (Å²) in [6.07, 6.45) is 4.33. The number of methoxy groups -OCH3 is 1. The van der Waals surface area contributed by atoms with Gasteiger partial charge in [-0.1, -0.05) is 25.5 Å². The number of hydrogen-bond acceptors (Lipinski definition) is 2. The van der Waals surface area contributed by atoms with Crippen molar-refractivity contribution in [2.24, 2.45) is 5.92 Å². The number of halogens is 1. The molecule has 1 aliphatic carbocycles. The molecule has 0 heterocycles. The van der Waals surface area contributed by atoms with Gasteiger partial charge in [-0.3, -0.25) is 0 Å². The molecule has 3 heteroatoms. The van der Waals surface area contributed by atoms with Crippen molar-refractivity contribution in [2.45, 2.75) is 44.6 Å². The summed E-state index contributed by atoms with van der Waals surface area (Å²) in [7, 11) is 1.44. The monoisotopic (exact) mass is 252 g/mol. The fourth-order valence-corrected chi connectivity index (χ4v) is 2.86. The Balaban J connectivity index is 2.26. The molecule has 0 radical (unpaired) electrons. The van der Waals surface area contributed by atoms with Gasteiger partial charge in [0.2, 0.25) is 0 Å². The molecule has 18 heavy (non-hydrogen) atoms. The van der Waals surface area contributed by atoms with Crippen LogP contribution in [0, 0.1) is 11.7 Å². The van der Waals surface area contributed by atoms with Gasteiger partial charge in [0.25, 0.3) is 0 Å². The molecule has 0 spiro atoms. The van der Waals surface area contributed by atoms with E-state index < -0.39 is 11.4 Å². The van der Waals surface area contributed by atoms with Gasteiger partial charge in [-0.15, -0.1) is 0 Å². The molecule has 1 fully saturated rings. The average molecular weight is 252 g/mol. The summed E-state index contributed by atoms with van der Waals surface area (Å²) in [5.74, 6) is 0.454. The normalized spacial score (nSPS) is 28.1. The van der Waals surface area contributed by atoms with Crippen molar-refractivity contribution in [1.82, 2.24) is 0 Å². The van der Waals surface area contributed by atoms with Gasteiger partial charge in [-0.05, 0) is 37.7 Å². The van der Waals surface area contributed by atoms with Crippen LogP contribution in [0.1, 0.15) is 44.6 Å². The second-order valence-corrected chi connectivity index (χ2v) is 5.21. The van der Waals surface area contributed by atoms with Crippen molar-refractivity contribution in [3.8, 4) is 5.75 Å². The van der Waals surface area contributed by atoms with E-state index in [1.165, 1.54) is 7.11 Å². The van der Waals surface area contributed by atoms with E-state index in [0.717, 1.165) is 19.3 Å². The van der Waals surface area contributed by atoms with E-state index in [1.807, 2.05) is 0 Å². The molecule has 2 nitrogen and oxygen atoms in total. The smallest absolute Gasteiger partial charge is 0.171 e. The highest BCUT2D eigenvalue weighted by molar-refractivity contribution is 5.35. The van der Waals surface area contributed by atoms with Crippen LogP contribution in [0.4, 0.5) is 4.39 Å². The van der Waals surface area contributed by atoms with Gasteiger partial charge in [0.15, 0.2) is 11.6 Å². The van der Waals surface area contributed by atoms with Crippen molar-refractivity contribution >= 4 is 0 Å². The third-order valence-electron chi connectivity index (χ3n) is 4.19. The molecule has 1 N–H and O–H groups in total. The first kappa shape index (κ1) is 13.3. The van der Waals surface area contributed by atoms with Gasteiger partial charge < -0.3 is 9.84 Å². The fraction of sp³-hybridized carbons (Fsp3) is 0.600. The molecule has 1 saturated carbocycles. The zero-order valence-corrected chi connectivity index (χ0v) is 11.1. The summed E-state index contributed by atoms with van der Waals surface area (Å²) in [6.45, 7) is 2.17. The van der Waals surface area contributed by atoms with E-state index in [9.17, 15) is 9.50 Å². The first-order chi connectivity index (χ1) is 8.60. The van der Waals surface area contributed by atoms with Crippen LogP contribution in [0.3, 0.4) is 0 Å². The van der Waals surface area contributed by atoms with Crippen molar-refractivity contribution in [1.29, 1.82) is 0 Å². The summed E-state index contributed by atoms with van der Waals surface area (Å²) in [6, 6.07) is 4.99. The molecule has 0 atom stereocenters. The lowest BCUT2D eigenvalue weighted by molar-refractivity contribution is -0.0177. The van der Waals surface area contributed by atoms with Crippen LogP contribution < -0.4 is 4.74 Å². The standard InChI is InChI=1S/C15H21FO2/c1-3-11-7-9-15(17,10-8-11)12-5-4-6-13(18-2)14(12)16/h4-6,11,17H,3,7-10H2,1-2H3. The molecule has 0 aliphatic heterocycles. The molecule has 0 amide bonds. The third-order valence-corrected chi connectivity index (χ3v) is 4.19. The molecule has 0 saturated heterocycles. The van der Waals surface area contributed by atoms with E-state index in [4.69, 9.17) is 4.74 Å². The Kier molecular flexibility index (Phi) is 3.91. The van der Waals surface area contributed by atoms with Crippen LogP contribution in [-0.4, -0.2) is 12.2 Å². The Morgan fingerprint density at radius 3 is 2.61 bits per heavy atom. The molecule has 1 aliphatic rings. The number of rotatable bonds is 3. The van der Waals surface area contributed by atoms with Crippen LogP contribution in [-0.2, 0) is 5.60 Å². The van der Waals surface area contributed by atoms with E-state index in [1.54, 1.807) is 18.2 Å². The molecule has 1 aromatic carbocycles. The summed E-state index contributed by atoms with van der Waals surface area (Å²) in [4.78, 5) is 0. The van der Waals surface area contributed by atoms with Crippen LogP contribution >= 0.6 is 0 Å². The van der Waals surface area contributed by atoms with Crippen LogP contribution in [0.25, 0.3) is 0 Å². The number of aliphatic hydroxyl groups is 1. The van der Waals surface area contributed by atoms with Crippen LogP contribution in [0.2, 0.25) is 0 Å². The summed E-state index contributed by atoms with van der Waals surface area (Å²) >= 11 is 0. The van der Waals surface area contributed by atoms with Gasteiger partial charge in [-0.2, -0.15) is 0 Å². The Morgan fingerprint density at radius 2 is 2.06 bits per heavy atom. The molecule has 0 bridgehead atoms. The lowest BCUT2D eigenvalue weighted by Gasteiger charge is -2.36. The quantitative estimate of drug-likeness (QED) is 0.890. The minimum atomic E-state index is -1.02. The van der Waals surface area contributed by atoms with E-state index in [2.05, 4.69) is 6.92 Å². The topological polar surface area (TPSA) is 29.5 Å². The molecular formula is C15H21FO2. The lowest BCUT2D eigenvalue weighted by atomic mass is 9.74. The highest BCUT2D eigenvalue weighted by Crippen LogP contribution is 2.42. The number of ether oxygens (including phenoxy) is 1. The second-order valence-electron chi connectivity index (χ2n) is 5.21. The molecule has 2 rings (SSSR count). The maximum Gasteiger partial charge on any atom is 0.171 e. The molecule has 0 unspecified atom stereocenters. The zero-order chi connectivity index (χ0) is 13.2. The molecule has 1 aromatic rings. The van der Waals surface area contributed by atoms with Crippen molar-refractivity contribution in [2.75, 3.05) is 7.11 Å². The van der Waals surface area contributed by atoms with Gasteiger partial charge >= 0.3 is 0 Å². The largest absolute Gasteiger partial charge is 0.494 e. The zero-order valence-electron chi connectivity index (χ0n) is 11.1. The third kappa shape index (κ3) is 2.37. The summed E-state index contributed by atoms with van der Waals surface area (Å²) < 4.78 is 19.2. The highest BCUT2D eigenvalue weighted by atomic mass is 19.1. The van der Waals surface area contributed by atoms with Gasteiger partial charge in [0.1, 0.15) is 0 Å². The van der Waals surface area contributed by atoms with Crippen molar-refractivity contribution in [3.05, 3.63) is 29.6 Å². The van der Waals surface area contributed by atoms with Crippen LogP contribution in [0.15, 0.2) is 18.2 Å². The van der Waals surface area contributed by atoms with Gasteiger partial charge in [0.05, 0.1) is 12.7 Å². The molecular weight excluding hydrogens is 231 g/mol. The number of benzene rings is 1. The Labute approximate surface area is 108 Å². The van der Waals surface area contributed by atoms with Crippen molar-refractivity contribution in [3.63, 3.8) is 0 Å². The second kappa shape index (κ2) is 5.27. The minimum Gasteiger partial charge on any atom is -0.494 e. The van der Waals surface area contributed by atoms with E-state index in [-0.39, 0.29) is 5.75 Å². The maximum atomic E-state index is 14.2. The minimum absolute atomic E-state index is 0.207. The first-order valence-electron chi connectivity index (χ1n) is 6.66. The maximum absolute atomic E-state index is 14.2. The van der Waals surface area contributed by atoms with Gasteiger partial charge in [-0.25, -0.2) is 4.39 Å². The molecule has 0 aromatic heterocycles. The Bertz CT molecular complexity index is 409. The average Bonchev–Trinajstić information content (AvgIpc) is 2.40. The first-order valence-corrected chi connectivity index (χ1v) is 6.66. The Hall–Kier alpha value is -1.09. The summed E-state index contributed by atoms with van der Waals surface area (Å²) in [5, 5.41) is 10.7. The lowest BCUT2D eigenvalue weighted by Crippen LogP contribution is -2.32. The van der Waals surface area contributed by atoms with Crippen LogP contribution in [0.5, 0.6) is 5.75 Å². The summed E-state index contributed by atoms with van der Waals surface area (Å²) in [5.41, 5.74) is -0.638. The number of hydrogen-bond donors (Lipinski definition) is 1. The fourth-order valence-electron chi connectivity index (χ4n) is 2.86. The molecule has 100 valence electrons. The van der Waals surface area contributed by atoms with Crippen molar-refractivity contribution < 1.29 is 14.2 Å². The van der Waals surface area contributed by atoms with Gasteiger partial charge in [0, 0.05) is 5.56 Å². The SMILES string of the molecule is CCC1CCC(O)(c2cccc(OC)c2F)CC1. The predicted molar refractivity (Wildman–Crippen MR) is 69.1 cm³/mol. The van der Waals surface area contributed by atoms with E-state index >= 15 is 0 Å². The van der Waals surface area contributed by atoms with E-state index in [0.29, 0.717) is 24.3 Å². The highest BCUT2D eigenvalue weighted by Gasteiger charge is 2.36. The Morgan fingerprint density at radius 1 is 1.39 bits per heavy atom.